The molecular formula is C16H20O3. The Labute approximate surface area is 114 Å². The molecule has 0 unspecified atom stereocenters. The molecule has 3 nitrogen and oxygen atoms in total. The van der Waals surface area contributed by atoms with Gasteiger partial charge in [-0.1, -0.05) is 29.9 Å². The molecule has 0 N–H and O–H groups in total. The number of aldehydes is 1. The van der Waals surface area contributed by atoms with Crippen LogP contribution in [0.15, 0.2) is 35.5 Å². The molecule has 0 aromatic heterocycles. The Morgan fingerprint density at radius 1 is 1.26 bits per heavy atom. The van der Waals surface area contributed by atoms with Crippen LogP contribution in [0, 0.1) is 5.92 Å². The maximum Gasteiger partial charge on any atom is 0.334 e. The highest BCUT2D eigenvalue weighted by Crippen LogP contribution is 2.39. The Bertz CT molecular complexity index is 419. The average molecular weight is 260 g/mol. The van der Waals surface area contributed by atoms with Gasteiger partial charge in [-0.15, -0.1) is 0 Å². The molecule has 0 saturated heterocycles. The molecule has 19 heavy (non-hydrogen) atoms. The average Bonchev–Trinajstić information content (AvgIpc) is 3.09. The van der Waals surface area contributed by atoms with Gasteiger partial charge in [0.25, 0.3) is 0 Å². The molecule has 0 heterocycles. The predicted molar refractivity (Wildman–Crippen MR) is 73.5 cm³/mol. The number of carbonyl (C=O) groups is 2. The van der Waals surface area contributed by atoms with Crippen molar-refractivity contribution in [1.82, 2.24) is 0 Å². The number of hydrogen-bond acceptors (Lipinski definition) is 3. The molecule has 0 atom stereocenters. The molecular weight excluding hydrogens is 240 g/mol. The minimum absolute atomic E-state index is 0.00384. The van der Waals surface area contributed by atoms with E-state index in [9.17, 15) is 9.59 Å². The number of allylic oxidation sites excluding steroid dienone is 4. The van der Waals surface area contributed by atoms with E-state index < -0.39 is 5.97 Å². The second kappa shape index (κ2) is 6.50. The normalized spacial score (nSPS) is 18.2. The fourth-order valence-corrected chi connectivity index (χ4v) is 2.92. The van der Waals surface area contributed by atoms with Crippen molar-refractivity contribution in [3.63, 3.8) is 0 Å². The quantitative estimate of drug-likeness (QED) is 0.319. The van der Waals surface area contributed by atoms with Gasteiger partial charge in [-0.05, 0) is 38.5 Å². The molecule has 3 heteroatoms. The van der Waals surface area contributed by atoms with Gasteiger partial charge in [0.2, 0.25) is 0 Å². The molecule has 0 bridgehead atoms. The molecule has 0 aromatic rings. The van der Waals surface area contributed by atoms with E-state index >= 15 is 0 Å². The summed E-state index contributed by atoms with van der Waals surface area (Å²) in [6, 6.07) is 0. The molecule has 0 radical (unpaired) electrons. The largest absolute Gasteiger partial charge is 0.455 e. The van der Waals surface area contributed by atoms with Gasteiger partial charge >= 0.3 is 5.97 Å². The summed E-state index contributed by atoms with van der Waals surface area (Å²) in [5.74, 6) is -0.443. The fourth-order valence-electron chi connectivity index (χ4n) is 2.92. The van der Waals surface area contributed by atoms with Crippen LogP contribution in [0.25, 0.3) is 0 Å². The Balaban J connectivity index is 2.14. The first kappa shape index (κ1) is 13.8. The maximum absolute atomic E-state index is 11.9. The highest BCUT2D eigenvalue weighted by Gasteiger charge is 2.29. The molecule has 2 aliphatic carbocycles. The molecule has 2 aliphatic rings. The summed E-state index contributed by atoms with van der Waals surface area (Å²) in [6.07, 6.45) is 11.6. The molecule has 0 amide bonds. The van der Waals surface area contributed by atoms with Gasteiger partial charge < -0.3 is 4.74 Å². The number of hydrogen-bond donors (Lipinski definition) is 0. The summed E-state index contributed by atoms with van der Waals surface area (Å²) in [7, 11) is 0. The van der Waals surface area contributed by atoms with E-state index in [1.54, 1.807) is 0 Å². The summed E-state index contributed by atoms with van der Waals surface area (Å²) in [5, 5.41) is 0. The molecule has 0 saturated carbocycles. The van der Waals surface area contributed by atoms with E-state index in [0.717, 1.165) is 38.5 Å². The second-order valence-electron chi connectivity index (χ2n) is 5.07. The third kappa shape index (κ3) is 3.22. The van der Waals surface area contributed by atoms with Crippen LogP contribution in [-0.4, -0.2) is 18.9 Å². The molecule has 2 rings (SSSR count). The van der Waals surface area contributed by atoms with Crippen molar-refractivity contribution < 1.29 is 14.3 Å². The molecule has 0 fully saturated rings. The monoisotopic (exact) mass is 260 g/mol. The van der Waals surface area contributed by atoms with E-state index in [1.807, 2.05) is 0 Å². The Morgan fingerprint density at radius 2 is 1.84 bits per heavy atom. The first-order chi connectivity index (χ1) is 9.24. The molecule has 0 aromatic carbocycles. The maximum atomic E-state index is 11.9. The molecule has 0 aliphatic heterocycles. The summed E-state index contributed by atoms with van der Waals surface area (Å²) in [4.78, 5) is 22.2. The van der Waals surface area contributed by atoms with Crippen LogP contribution in [0.2, 0.25) is 0 Å². The lowest BCUT2D eigenvalue weighted by molar-refractivity contribution is -0.141. The van der Waals surface area contributed by atoms with Crippen LogP contribution >= 0.6 is 0 Å². The zero-order chi connectivity index (χ0) is 13.7. The lowest BCUT2D eigenvalue weighted by Gasteiger charge is -2.21. The van der Waals surface area contributed by atoms with E-state index in [2.05, 4.69) is 18.7 Å². The van der Waals surface area contributed by atoms with Gasteiger partial charge in [0.1, 0.15) is 6.61 Å². The van der Waals surface area contributed by atoms with Gasteiger partial charge in [-0.2, -0.15) is 0 Å². The highest BCUT2D eigenvalue weighted by atomic mass is 16.5. The van der Waals surface area contributed by atoms with Crippen molar-refractivity contribution in [2.24, 2.45) is 5.92 Å². The van der Waals surface area contributed by atoms with Crippen molar-refractivity contribution in [2.45, 2.75) is 38.5 Å². The van der Waals surface area contributed by atoms with Crippen LogP contribution in [0.5, 0.6) is 0 Å². The summed E-state index contributed by atoms with van der Waals surface area (Å²) in [5.41, 5.74) is 3.06. The van der Waals surface area contributed by atoms with E-state index in [4.69, 9.17) is 4.74 Å². The summed E-state index contributed by atoms with van der Waals surface area (Å²) in [6.45, 7) is 3.73. The van der Waals surface area contributed by atoms with Gasteiger partial charge in [-0.25, -0.2) is 4.79 Å². The standard InChI is InChI=1S/C16H20O3/c1-12(16(18)19-11-10-17)15(13-6-2-3-7-13)14-8-4-5-9-14/h6,8,10,15H,1-5,7,9,11H2. The smallest absolute Gasteiger partial charge is 0.334 e. The molecule has 102 valence electrons. The Kier molecular flexibility index (Phi) is 4.72. The third-order valence-corrected chi connectivity index (χ3v) is 3.79. The minimum atomic E-state index is -0.447. The highest BCUT2D eigenvalue weighted by molar-refractivity contribution is 5.90. The summed E-state index contributed by atoms with van der Waals surface area (Å²) >= 11 is 0. The minimum Gasteiger partial charge on any atom is -0.455 e. The molecule has 0 spiro atoms. The predicted octanol–water partition coefficient (Wildman–Crippen LogP) is 3.12. The lowest BCUT2D eigenvalue weighted by atomic mass is 9.84. The number of carbonyl (C=O) groups excluding carboxylic acids is 2. The Hall–Kier alpha value is -1.64. The van der Waals surface area contributed by atoms with Crippen molar-refractivity contribution in [1.29, 1.82) is 0 Å². The number of ether oxygens (including phenoxy) is 1. The second-order valence-corrected chi connectivity index (χ2v) is 5.07. The van der Waals surface area contributed by atoms with Crippen LogP contribution < -0.4 is 0 Å². The summed E-state index contributed by atoms with van der Waals surface area (Å²) < 4.78 is 4.89. The van der Waals surface area contributed by atoms with Crippen molar-refractivity contribution in [3.05, 3.63) is 35.5 Å². The van der Waals surface area contributed by atoms with Crippen LogP contribution in [0.3, 0.4) is 0 Å². The van der Waals surface area contributed by atoms with Crippen LogP contribution in [0.1, 0.15) is 38.5 Å². The zero-order valence-corrected chi connectivity index (χ0v) is 11.2. The van der Waals surface area contributed by atoms with E-state index in [1.165, 1.54) is 11.1 Å². The van der Waals surface area contributed by atoms with Crippen molar-refractivity contribution >= 4 is 12.3 Å². The van der Waals surface area contributed by atoms with Crippen LogP contribution in [0.4, 0.5) is 0 Å². The van der Waals surface area contributed by atoms with E-state index in [0.29, 0.717) is 11.9 Å². The Morgan fingerprint density at radius 3 is 2.26 bits per heavy atom. The topological polar surface area (TPSA) is 43.4 Å². The van der Waals surface area contributed by atoms with E-state index in [-0.39, 0.29) is 12.5 Å². The first-order valence-corrected chi connectivity index (χ1v) is 6.91. The van der Waals surface area contributed by atoms with Gasteiger partial charge in [0.05, 0.1) is 0 Å². The number of rotatable bonds is 6. The van der Waals surface area contributed by atoms with Gasteiger partial charge in [0.15, 0.2) is 6.29 Å². The lowest BCUT2D eigenvalue weighted by Crippen LogP contribution is -2.19. The van der Waals surface area contributed by atoms with Crippen molar-refractivity contribution in [3.8, 4) is 0 Å². The van der Waals surface area contributed by atoms with Crippen LogP contribution in [-0.2, 0) is 14.3 Å². The zero-order valence-electron chi connectivity index (χ0n) is 11.2. The fraction of sp³-hybridized carbons (Fsp3) is 0.500. The van der Waals surface area contributed by atoms with Gasteiger partial charge in [0, 0.05) is 11.5 Å². The first-order valence-electron chi connectivity index (χ1n) is 6.91. The SMILES string of the molecule is C=C(C(=O)OCC=O)C(C1=CCCC1)C1=CCCC1. The third-order valence-electron chi connectivity index (χ3n) is 3.79. The number of esters is 1. The van der Waals surface area contributed by atoms with Crippen molar-refractivity contribution in [2.75, 3.05) is 6.61 Å². The van der Waals surface area contributed by atoms with Gasteiger partial charge in [-0.3, -0.25) is 4.79 Å².